The van der Waals surface area contributed by atoms with E-state index >= 15 is 0 Å². The molecule has 6 heteroatoms. The van der Waals surface area contributed by atoms with Gasteiger partial charge < -0.3 is 15.1 Å². The maximum absolute atomic E-state index is 5.44. The van der Waals surface area contributed by atoms with Gasteiger partial charge in [0.25, 0.3) is 0 Å². The number of rotatable bonds is 8. The molecule has 5 nitrogen and oxygen atoms in total. The van der Waals surface area contributed by atoms with Crippen LogP contribution in [0.1, 0.15) is 44.8 Å². The normalized spacial score (nSPS) is 27.2. The van der Waals surface area contributed by atoms with Crippen LogP contribution in [0.2, 0.25) is 0 Å². The van der Waals surface area contributed by atoms with Crippen LogP contribution in [0.25, 0.3) is 0 Å². The van der Waals surface area contributed by atoms with E-state index in [4.69, 9.17) is 9.41 Å². The van der Waals surface area contributed by atoms with Crippen molar-refractivity contribution in [3.8, 4) is 0 Å². The van der Waals surface area contributed by atoms with Gasteiger partial charge in [0.1, 0.15) is 5.76 Å². The molecule has 0 radical (unpaired) electrons. The summed E-state index contributed by atoms with van der Waals surface area (Å²) in [5.41, 5.74) is 0. The van der Waals surface area contributed by atoms with Crippen LogP contribution < -0.4 is 10.6 Å². The minimum Gasteiger partial charge on any atom is -0.469 e. The molecule has 0 spiro atoms. The lowest BCUT2D eigenvalue weighted by molar-refractivity contribution is 0.273. The number of nitrogens with zero attached hydrogens (tertiary/aromatic N) is 2. The fraction of sp³-hybridized carbons (Fsp3) is 0.750. The van der Waals surface area contributed by atoms with Crippen LogP contribution in [0.4, 0.5) is 0 Å². The van der Waals surface area contributed by atoms with Crippen molar-refractivity contribution in [2.75, 3.05) is 32.4 Å². The molecule has 0 bridgehead atoms. The van der Waals surface area contributed by atoms with Crippen molar-refractivity contribution in [2.24, 2.45) is 4.99 Å². The van der Waals surface area contributed by atoms with Gasteiger partial charge in [-0.3, -0.25) is 9.89 Å². The molecule has 1 aromatic heterocycles. The Kier molecular flexibility index (Phi) is 7.74. The predicted octanol–water partition coefficient (Wildman–Crippen LogP) is 3.13. The molecule has 26 heavy (non-hydrogen) atoms. The summed E-state index contributed by atoms with van der Waals surface area (Å²) in [6.07, 6.45) is 11.2. The molecule has 3 unspecified atom stereocenters. The molecular formula is C20H34N4OS. The number of likely N-dealkylation sites (N-methyl/N-ethyl adjacent to an activating group) is 1. The van der Waals surface area contributed by atoms with E-state index in [-0.39, 0.29) is 0 Å². The molecule has 3 atom stereocenters. The van der Waals surface area contributed by atoms with Gasteiger partial charge in [0.2, 0.25) is 0 Å². The number of guanidine groups is 1. The first-order chi connectivity index (χ1) is 12.8. The number of furan rings is 1. The second kappa shape index (κ2) is 10.3. The lowest BCUT2D eigenvalue weighted by Gasteiger charge is -2.22. The second-order valence-electron chi connectivity index (χ2n) is 7.38. The summed E-state index contributed by atoms with van der Waals surface area (Å²) >= 11 is 2.00. The fourth-order valence-electron chi connectivity index (χ4n) is 4.11. The van der Waals surface area contributed by atoms with E-state index in [1.807, 2.05) is 23.9 Å². The summed E-state index contributed by atoms with van der Waals surface area (Å²) in [7, 11) is 0. The molecule has 1 saturated heterocycles. The Hall–Kier alpha value is -1.14. The SMILES string of the molecule is CCN1CCCC1CN=C(NCCc1ccco1)NC1CCC(SC)C1. The monoisotopic (exact) mass is 378 g/mol. The highest BCUT2D eigenvalue weighted by atomic mass is 32.2. The van der Waals surface area contributed by atoms with Crippen molar-refractivity contribution in [1.82, 2.24) is 15.5 Å². The standard InChI is InChI=1S/C20H34N4OS/c1-3-24-12-4-6-17(24)15-22-20(21-11-10-18-7-5-13-25-18)23-16-8-9-19(14-16)26-2/h5,7,13,16-17,19H,3-4,6,8-12,14-15H2,1-2H3,(H2,21,22,23). The molecule has 1 aliphatic heterocycles. The zero-order chi connectivity index (χ0) is 18.2. The first-order valence-corrected chi connectivity index (χ1v) is 11.4. The minimum absolute atomic E-state index is 0.549. The molecule has 1 aliphatic carbocycles. The summed E-state index contributed by atoms with van der Waals surface area (Å²) in [5, 5.41) is 8.02. The van der Waals surface area contributed by atoms with E-state index < -0.39 is 0 Å². The van der Waals surface area contributed by atoms with E-state index in [0.717, 1.165) is 43.0 Å². The zero-order valence-electron chi connectivity index (χ0n) is 16.2. The first kappa shape index (κ1) is 19.6. The maximum Gasteiger partial charge on any atom is 0.191 e. The highest BCUT2D eigenvalue weighted by Crippen LogP contribution is 2.28. The number of hydrogen-bond acceptors (Lipinski definition) is 4. The Labute approximate surface area is 162 Å². The van der Waals surface area contributed by atoms with Crippen LogP contribution in [0.3, 0.4) is 0 Å². The third-order valence-corrected chi connectivity index (χ3v) is 6.76. The van der Waals surface area contributed by atoms with Gasteiger partial charge in [0.05, 0.1) is 12.8 Å². The van der Waals surface area contributed by atoms with Gasteiger partial charge >= 0.3 is 0 Å². The smallest absolute Gasteiger partial charge is 0.191 e. The molecule has 2 aliphatic rings. The van der Waals surface area contributed by atoms with Gasteiger partial charge in [-0.05, 0) is 63.6 Å². The first-order valence-electron chi connectivity index (χ1n) is 10.1. The number of likely N-dealkylation sites (tertiary alicyclic amines) is 1. The average molecular weight is 379 g/mol. The maximum atomic E-state index is 5.44. The molecule has 1 aromatic rings. The Bertz CT molecular complexity index is 548. The minimum atomic E-state index is 0.549. The average Bonchev–Trinajstić information content (AvgIpc) is 3.40. The van der Waals surface area contributed by atoms with Crippen LogP contribution in [0.15, 0.2) is 27.8 Å². The summed E-state index contributed by atoms with van der Waals surface area (Å²) in [6, 6.07) is 5.13. The van der Waals surface area contributed by atoms with Gasteiger partial charge in [-0.15, -0.1) is 0 Å². The van der Waals surface area contributed by atoms with E-state index in [2.05, 4.69) is 28.7 Å². The van der Waals surface area contributed by atoms with Gasteiger partial charge in [-0.2, -0.15) is 11.8 Å². The lowest BCUT2D eigenvalue weighted by Crippen LogP contribution is -2.44. The van der Waals surface area contributed by atoms with E-state index in [1.54, 1.807) is 6.26 Å². The van der Waals surface area contributed by atoms with Crippen LogP contribution in [-0.4, -0.2) is 60.6 Å². The van der Waals surface area contributed by atoms with Crippen molar-refractivity contribution in [2.45, 2.75) is 62.8 Å². The molecule has 1 saturated carbocycles. The molecule has 2 fully saturated rings. The molecule has 2 heterocycles. The van der Waals surface area contributed by atoms with Crippen molar-refractivity contribution in [1.29, 1.82) is 0 Å². The predicted molar refractivity (Wildman–Crippen MR) is 111 cm³/mol. The highest BCUT2D eigenvalue weighted by Gasteiger charge is 2.25. The number of hydrogen-bond donors (Lipinski definition) is 2. The van der Waals surface area contributed by atoms with Crippen molar-refractivity contribution in [3.63, 3.8) is 0 Å². The summed E-state index contributed by atoms with van der Waals surface area (Å²) < 4.78 is 5.44. The van der Waals surface area contributed by atoms with E-state index in [0.29, 0.717) is 12.1 Å². The number of thioether (sulfide) groups is 1. The van der Waals surface area contributed by atoms with Gasteiger partial charge in [-0.1, -0.05) is 6.92 Å². The Morgan fingerprint density at radius 2 is 2.31 bits per heavy atom. The molecular weight excluding hydrogens is 344 g/mol. The van der Waals surface area contributed by atoms with Crippen molar-refractivity contribution >= 4 is 17.7 Å². The largest absolute Gasteiger partial charge is 0.469 e. The molecule has 3 rings (SSSR count). The van der Waals surface area contributed by atoms with Crippen LogP contribution in [0.5, 0.6) is 0 Å². The second-order valence-corrected chi connectivity index (χ2v) is 8.52. The molecule has 0 aromatic carbocycles. The Morgan fingerprint density at radius 3 is 3.04 bits per heavy atom. The summed E-state index contributed by atoms with van der Waals surface area (Å²) in [6.45, 7) is 6.35. The van der Waals surface area contributed by atoms with E-state index in [9.17, 15) is 0 Å². The van der Waals surface area contributed by atoms with Crippen LogP contribution in [0, 0.1) is 0 Å². The number of nitrogens with one attached hydrogen (secondary N) is 2. The van der Waals surface area contributed by atoms with Crippen LogP contribution >= 0.6 is 11.8 Å². The zero-order valence-corrected chi connectivity index (χ0v) is 17.1. The van der Waals surface area contributed by atoms with Gasteiger partial charge in [0, 0.05) is 30.3 Å². The lowest BCUT2D eigenvalue weighted by atomic mass is 10.2. The van der Waals surface area contributed by atoms with Gasteiger partial charge in [0.15, 0.2) is 5.96 Å². The molecule has 0 amide bonds. The quantitative estimate of drug-likeness (QED) is 0.538. The third-order valence-electron chi connectivity index (χ3n) is 5.67. The topological polar surface area (TPSA) is 52.8 Å². The van der Waals surface area contributed by atoms with Gasteiger partial charge in [-0.25, -0.2) is 0 Å². The third kappa shape index (κ3) is 5.68. The Balaban J connectivity index is 1.53. The molecule has 146 valence electrons. The Morgan fingerprint density at radius 1 is 1.38 bits per heavy atom. The van der Waals surface area contributed by atoms with E-state index in [1.165, 1.54) is 38.6 Å². The fourth-order valence-corrected chi connectivity index (χ4v) is 4.90. The summed E-state index contributed by atoms with van der Waals surface area (Å²) in [5.74, 6) is 2.00. The van der Waals surface area contributed by atoms with Crippen LogP contribution in [-0.2, 0) is 6.42 Å². The number of aliphatic imine (C=N–C) groups is 1. The highest BCUT2D eigenvalue weighted by molar-refractivity contribution is 7.99. The van der Waals surface area contributed by atoms with Crippen molar-refractivity contribution < 1.29 is 4.42 Å². The molecule has 2 N–H and O–H groups in total. The van der Waals surface area contributed by atoms with Crippen molar-refractivity contribution in [3.05, 3.63) is 24.2 Å². The summed E-state index contributed by atoms with van der Waals surface area (Å²) in [4.78, 5) is 7.51.